The van der Waals surface area contributed by atoms with Crippen LogP contribution in [0.2, 0.25) is 0 Å². The third-order valence-corrected chi connectivity index (χ3v) is 2.91. The molecule has 1 aromatic carbocycles. The van der Waals surface area contributed by atoms with Crippen molar-refractivity contribution in [3.05, 3.63) is 29.8 Å². The molecule has 0 radical (unpaired) electrons. The maximum Gasteiger partial charge on any atom is 0.258 e. The van der Waals surface area contributed by atoms with Gasteiger partial charge >= 0.3 is 0 Å². The number of benzene rings is 1. The highest BCUT2D eigenvalue weighted by Gasteiger charge is 2.08. The summed E-state index contributed by atoms with van der Waals surface area (Å²) in [6.07, 6.45) is 0.769. The van der Waals surface area contributed by atoms with Crippen molar-refractivity contribution < 1.29 is 14.3 Å². The molecule has 0 aliphatic rings. The van der Waals surface area contributed by atoms with Gasteiger partial charge in [-0.15, -0.1) is 0 Å². The van der Waals surface area contributed by atoms with E-state index in [9.17, 15) is 4.79 Å². The molecule has 3 N–H and O–H groups in total. The molecule has 0 saturated carbocycles. The highest BCUT2D eigenvalue weighted by atomic mass is 32.1. The molecule has 0 saturated heterocycles. The summed E-state index contributed by atoms with van der Waals surface area (Å²) >= 11 is 4.86. The molecular weight excluding hydrogens is 276 g/mol. The molecule has 0 heterocycles. The van der Waals surface area contributed by atoms with Gasteiger partial charge in [-0.1, -0.05) is 12.2 Å². The smallest absolute Gasteiger partial charge is 0.258 e. The van der Waals surface area contributed by atoms with Crippen molar-refractivity contribution in [2.75, 3.05) is 20.3 Å². The maximum atomic E-state index is 11.6. The van der Waals surface area contributed by atoms with E-state index in [4.69, 9.17) is 27.4 Å². The van der Waals surface area contributed by atoms with E-state index in [2.05, 4.69) is 5.32 Å². The van der Waals surface area contributed by atoms with Crippen LogP contribution in [0.15, 0.2) is 24.3 Å². The van der Waals surface area contributed by atoms with Gasteiger partial charge in [0.1, 0.15) is 10.7 Å². The van der Waals surface area contributed by atoms with Crippen molar-refractivity contribution in [2.45, 2.75) is 19.4 Å². The average molecular weight is 296 g/mol. The average Bonchev–Trinajstić information content (AvgIpc) is 2.43. The molecule has 0 aliphatic carbocycles. The highest BCUT2D eigenvalue weighted by molar-refractivity contribution is 7.80. The predicted molar refractivity (Wildman–Crippen MR) is 81.9 cm³/mol. The molecule has 0 fully saturated rings. The minimum atomic E-state index is -0.160. The van der Waals surface area contributed by atoms with Crippen molar-refractivity contribution in [1.29, 1.82) is 0 Å². The number of nitrogens with two attached hydrogens (primary N) is 1. The summed E-state index contributed by atoms with van der Waals surface area (Å²) in [6.45, 7) is 2.51. The van der Waals surface area contributed by atoms with Gasteiger partial charge in [-0.3, -0.25) is 4.79 Å². The monoisotopic (exact) mass is 296 g/mol. The van der Waals surface area contributed by atoms with E-state index in [0.29, 0.717) is 17.3 Å². The normalized spacial score (nSPS) is 11.7. The van der Waals surface area contributed by atoms with Crippen molar-refractivity contribution in [2.24, 2.45) is 5.73 Å². The second kappa shape index (κ2) is 8.50. The predicted octanol–water partition coefficient (Wildman–Crippen LogP) is 1.24. The zero-order chi connectivity index (χ0) is 15.0. The summed E-state index contributed by atoms with van der Waals surface area (Å²) in [7, 11) is 1.63. The van der Waals surface area contributed by atoms with E-state index in [1.807, 2.05) is 6.92 Å². The molecule has 0 spiro atoms. The van der Waals surface area contributed by atoms with E-state index >= 15 is 0 Å². The summed E-state index contributed by atoms with van der Waals surface area (Å²) in [5.41, 5.74) is 6.27. The fraction of sp³-hybridized carbons (Fsp3) is 0.429. The minimum absolute atomic E-state index is 0.0241. The molecule has 20 heavy (non-hydrogen) atoms. The summed E-state index contributed by atoms with van der Waals surface area (Å²) in [6, 6.07) is 7.04. The lowest BCUT2D eigenvalue weighted by molar-refractivity contribution is -0.123. The quantitative estimate of drug-likeness (QED) is 0.706. The molecule has 1 aromatic rings. The number of nitrogens with one attached hydrogen (secondary N) is 1. The lowest BCUT2D eigenvalue weighted by atomic mass is 10.2. The number of thiocarbonyl (C=S) groups is 1. The van der Waals surface area contributed by atoms with Gasteiger partial charge in [0.2, 0.25) is 0 Å². The first-order valence-electron chi connectivity index (χ1n) is 6.34. The van der Waals surface area contributed by atoms with Crippen molar-refractivity contribution in [3.63, 3.8) is 0 Å². The van der Waals surface area contributed by atoms with Gasteiger partial charge in [0.25, 0.3) is 5.91 Å². The van der Waals surface area contributed by atoms with Gasteiger partial charge in [-0.05, 0) is 37.6 Å². The van der Waals surface area contributed by atoms with Crippen LogP contribution in [0.3, 0.4) is 0 Å². The molecule has 5 nitrogen and oxygen atoms in total. The molecule has 1 rings (SSSR count). The van der Waals surface area contributed by atoms with Crippen LogP contribution < -0.4 is 15.8 Å². The SMILES string of the molecule is COCCC(C)NC(=O)COc1ccc(C(N)=S)cc1. The first kappa shape index (κ1) is 16.4. The standard InChI is InChI=1S/C14H20N2O3S/c1-10(7-8-18-2)16-13(17)9-19-12-5-3-11(4-6-12)14(15)20/h3-6,10H,7-9H2,1-2H3,(H2,15,20)(H,16,17). The molecule has 1 atom stereocenters. The minimum Gasteiger partial charge on any atom is -0.484 e. The van der Waals surface area contributed by atoms with Crippen molar-refractivity contribution >= 4 is 23.1 Å². The number of hydrogen-bond donors (Lipinski definition) is 2. The number of rotatable bonds is 8. The Morgan fingerprint density at radius 1 is 1.40 bits per heavy atom. The zero-order valence-electron chi connectivity index (χ0n) is 11.7. The Bertz CT molecular complexity index is 448. The number of amides is 1. The third kappa shape index (κ3) is 5.99. The van der Waals surface area contributed by atoms with Crippen LogP contribution in [-0.2, 0) is 9.53 Å². The Labute approximate surface area is 124 Å². The molecule has 1 unspecified atom stereocenters. The molecule has 0 aliphatic heterocycles. The van der Waals surface area contributed by atoms with Gasteiger partial charge in [0.05, 0.1) is 0 Å². The van der Waals surface area contributed by atoms with Crippen molar-refractivity contribution in [3.8, 4) is 5.75 Å². The second-order valence-corrected chi connectivity index (χ2v) is 4.87. The van der Waals surface area contributed by atoms with Crippen LogP contribution in [-0.4, -0.2) is 37.3 Å². The molecule has 110 valence electrons. The lowest BCUT2D eigenvalue weighted by Gasteiger charge is -2.13. The van der Waals surface area contributed by atoms with E-state index in [1.165, 1.54) is 0 Å². The Morgan fingerprint density at radius 2 is 2.05 bits per heavy atom. The number of carbonyl (C=O) groups excluding carboxylic acids is 1. The summed E-state index contributed by atoms with van der Waals surface area (Å²) < 4.78 is 10.3. The molecular formula is C14H20N2O3S. The zero-order valence-corrected chi connectivity index (χ0v) is 12.5. The van der Waals surface area contributed by atoms with Crippen molar-refractivity contribution in [1.82, 2.24) is 5.32 Å². The summed E-state index contributed by atoms with van der Waals surface area (Å²) in [5.74, 6) is 0.441. The Kier molecular flexibility index (Phi) is 6.97. The van der Waals surface area contributed by atoms with E-state index < -0.39 is 0 Å². The van der Waals surface area contributed by atoms with Crippen LogP contribution in [0.4, 0.5) is 0 Å². The van der Waals surface area contributed by atoms with Gasteiger partial charge in [-0.2, -0.15) is 0 Å². The molecule has 1 amide bonds. The van der Waals surface area contributed by atoms with Gasteiger partial charge in [0.15, 0.2) is 6.61 Å². The van der Waals surface area contributed by atoms with E-state index in [1.54, 1.807) is 31.4 Å². The molecule has 0 bridgehead atoms. The third-order valence-electron chi connectivity index (χ3n) is 2.67. The summed E-state index contributed by atoms with van der Waals surface area (Å²) in [5, 5.41) is 2.83. The largest absolute Gasteiger partial charge is 0.484 e. The van der Waals surface area contributed by atoms with Crippen LogP contribution in [0.1, 0.15) is 18.9 Å². The molecule has 6 heteroatoms. The second-order valence-electron chi connectivity index (χ2n) is 4.43. The van der Waals surface area contributed by atoms with E-state index in [0.717, 1.165) is 12.0 Å². The first-order valence-corrected chi connectivity index (χ1v) is 6.74. The Balaban J connectivity index is 2.35. The Hall–Kier alpha value is -1.66. The topological polar surface area (TPSA) is 73.6 Å². The van der Waals surface area contributed by atoms with Gasteiger partial charge in [0, 0.05) is 25.3 Å². The lowest BCUT2D eigenvalue weighted by Crippen LogP contribution is -2.36. The molecule has 0 aromatic heterocycles. The number of carbonyl (C=O) groups is 1. The number of ether oxygens (including phenoxy) is 2. The van der Waals surface area contributed by atoms with Crippen LogP contribution in [0.5, 0.6) is 5.75 Å². The van der Waals surface area contributed by atoms with Crippen LogP contribution in [0.25, 0.3) is 0 Å². The maximum absolute atomic E-state index is 11.6. The highest BCUT2D eigenvalue weighted by Crippen LogP contribution is 2.11. The summed E-state index contributed by atoms with van der Waals surface area (Å²) in [4.78, 5) is 12.0. The Morgan fingerprint density at radius 3 is 2.60 bits per heavy atom. The fourth-order valence-electron chi connectivity index (χ4n) is 1.55. The van der Waals surface area contributed by atoms with E-state index in [-0.39, 0.29) is 18.6 Å². The van der Waals surface area contributed by atoms with Crippen LogP contribution >= 0.6 is 12.2 Å². The van der Waals surface area contributed by atoms with Crippen LogP contribution in [0, 0.1) is 0 Å². The van der Waals surface area contributed by atoms with Gasteiger partial charge in [-0.25, -0.2) is 0 Å². The number of methoxy groups -OCH3 is 1. The first-order chi connectivity index (χ1) is 9.52. The fourth-order valence-corrected chi connectivity index (χ4v) is 1.68. The number of hydrogen-bond acceptors (Lipinski definition) is 4. The van der Waals surface area contributed by atoms with Gasteiger partial charge < -0.3 is 20.5 Å².